The number of carbonyl (C=O) groups excluding carboxylic acids is 2. The second-order valence-electron chi connectivity index (χ2n) is 9.30. The fraction of sp³-hybridized carbons (Fsp3) is 0.667. The quantitative estimate of drug-likeness (QED) is 0.488. The Bertz CT molecular complexity index is 803. The highest BCUT2D eigenvalue weighted by molar-refractivity contribution is 5.89. The van der Waals surface area contributed by atoms with Gasteiger partial charge in [0.2, 0.25) is 11.8 Å². The molecule has 0 saturated carbocycles. The number of likely N-dealkylation sites (tertiary alicyclic amines) is 1. The van der Waals surface area contributed by atoms with Gasteiger partial charge in [0.15, 0.2) is 0 Å². The van der Waals surface area contributed by atoms with Crippen LogP contribution in [0, 0.1) is 17.6 Å². The Labute approximate surface area is 194 Å². The minimum atomic E-state index is -0.654. The lowest BCUT2D eigenvalue weighted by Gasteiger charge is -2.37. The standard InChI is InChI=1S/C24H36F2N4O3/c1-3-4-6-30-14-18(11-23(30)32)24(33)28-21(10-17-8-19(25)12-20(26)9-17)13-22-15-29(16(2)31)7-5-27-22/h8-9,12,16,18,21-22,27,31H,3-7,10-11,13-15H2,1-2H3,(H,28,33)/t16?,18?,21?,22-/m0/s1. The summed E-state index contributed by atoms with van der Waals surface area (Å²) in [5, 5.41) is 16.4. The lowest BCUT2D eigenvalue weighted by atomic mass is 9.96. The van der Waals surface area contributed by atoms with E-state index in [9.17, 15) is 23.5 Å². The van der Waals surface area contributed by atoms with E-state index in [0.717, 1.165) is 25.5 Å². The van der Waals surface area contributed by atoms with E-state index in [2.05, 4.69) is 17.6 Å². The summed E-state index contributed by atoms with van der Waals surface area (Å²) in [6.07, 6.45) is 2.31. The van der Waals surface area contributed by atoms with Crippen LogP contribution < -0.4 is 10.6 Å². The van der Waals surface area contributed by atoms with Crippen molar-refractivity contribution in [3.8, 4) is 0 Å². The zero-order chi connectivity index (χ0) is 24.0. The number of piperazine rings is 1. The third kappa shape index (κ3) is 7.45. The highest BCUT2D eigenvalue weighted by atomic mass is 19.1. The number of nitrogens with one attached hydrogen (secondary N) is 2. The van der Waals surface area contributed by atoms with E-state index in [-0.39, 0.29) is 36.7 Å². The van der Waals surface area contributed by atoms with E-state index in [1.807, 2.05) is 4.90 Å². The fourth-order valence-electron chi connectivity index (χ4n) is 4.73. The Morgan fingerprint density at radius 1 is 1.27 bits per heavy atom. The zero-order valence-electron chi connectivity index (χ0n) is 19.5. The number of aliphatic hydroxyl groups is 1. The molecule has 4 atom stereocenters. The Balaban J connectivity index is 1.68. The number of nitrogens with zero attached hydrogens (tertiary/aromatic N) is 2. The Morgan fingerprint density at radius 2 is 2.00 bits per heavy atom. The average molecular weight is 467 g/mol. The molecule has 0 aliphatic carbocycles. The summed E-state index contributed by atoms with van der Waals surface area (Å²) in [6.45, 7) is 6.87. The molecular weight excluding hydrogens is 430 g/mol. The van der Waals surface area contributed by atoms with Crippen LogP contribution in [0.15, 0.2) is 18.2 Å². The second-order valence-corrected chi connectivity index (χ2v) is 9.30. The minimum absolute atomic E-state index is 0.00307. The first-order valence-electron chi connectivity index (χ1n) is 11.9. The lowest BCUT2D eigenvalue weighted by molar-refractivity contribution is -0.129. The summed E-state index contributed by atoms with van der Waals surface area (Å²) in [4.78, 5) is 29.0. The van der Waals surface area contributed by atoms with Crippen LogP contribution in [-0.2, 0) is 16.0 Å². The summed E-state index contributed by atoms with van der Waals surface area (Å²) >= 11 is 0. The van der Waals surface area contributed by atoms with E-state index >= 15 is 0 Å². The van der Waals surface area contributed by atoms with E-state index in [1.54, 1.807) is 11.8 Å². The van der Waals surface area contributed by atoms with Gasteiger partial charge in [-0.15, -0.1) is 0 Å². The largest absolute Gasteiger partial charge is 0.379 e. The summed E-state index contributed by atoms with van der Waals surface area (Å²) in [5.41, 5.74) is 0.466. The Morgan fingerprint density at radius 3 is 2.67 bits per heavy atom. The first kappa shape index (κ1) is 25.5. The van der Waals surface area contributed by atoms with Crippen molar-refractivity contribution in [2.75, 3.05) is 32.7 Å². The number of halogens is 2. The molecule has 0 radical (unpaired) electrons. The third-order valence-corrected chi connectivity index (χ3v) is 6.50. The maximum absolute atomic E-state index is 13.8. The normalized spacial score (nSPS) is 23.5. The van der Waals surface area contributed by atoms with Crippen molar-refractivity contribution >= 4 is 11.8 Å². The van der Waals surface area contributed by atoms with E-state index in [4.69, 9.17) is 0 Å². The molecule has 2 aliphatic rings. The molecular formula is C24H36F2N4O3. The molecule has 2 aliphatic heterocycles. The predicted octanol–water partition coefficient (Wildman–Crippen LogP) is 1.64. The molecule has 2 saturated heterocycles. The van der Waals surface area contributed by atoms with Gasteiger partial charge in [-0.2, -0.15) is 0 Å². The molecule has 184 valence electrons. The smallest absolute Gasteiger partial charge is 0.225 e. The molecule has 2 amide bonds. The maximum atomic E-state index is 13.8. The Hall–Kier alpha value is -2.10. The van der Waals surface area contributed by atoms with Crippen molar-refractivity contribution in [3.63, 3.8) is 0 Å². The van der Waals surface area contributed by atoms with Crippen LogP contribution >= 0.6 is 0 Å². The van der Waals surface area contributed by atoms with Gasteiger partial charge in [-0.1, -0.05) is 13.3 Å². The zero-order valence-corrected chi connectivity index (χ0v) is 19.5. The highest BCUT2D eigenvalue weighted by Gasteiger charge is 2.35. The molecule has 33 heavy (non-hydrogen) atoms. The van der Waals surface area contributed by atoms with Gasteiger partial charge in [-0.25, -0.2) is 8.78 Å². The van der Waals surface area contributed by atoms with Crippen molar-refractivity contribution in [2.45, 2.75) is 64.3 Å². The van der Waals surface area contributed by atoms with Gasteiger partial charge in [0, 0.05) is 57.3 Å². The van der Waals surface area contributed by atoms with Crippen LogP contribution in [0.2, 0.25) is 0 Å². The van der Waals surface area contributed by atoms with Gasteiger partial charge in [0.05, 0.1) is 5.92 Å². The molecule has 3 rings (SSSR count). The predicted molar refractivity (Wildman–Crippen MR) is 121 cm³/mol. The number of amides is 2. The van der Waals surface area contributed by atoms with Gasteiger partial charge in [0.25, 0.3) is 0 Å². The molecule has 9 heteroatoms. The summed E-state index contributed by atoms with van der Waals surface area (Å²) in [6, 6.07) is 3.03. The van der Waals surface area contributed by atoms with Gasteiger partial charge >= 0.3 is 0 Å². The lowest BCUT2D eigenvalue weighted by Crippen LogP contribution is -2.55. The van der Waals surface area contributed by atoms with Crippen molar-refractivity contribution in [2.24, 2.45) is 5.92 Å². The minimum Gasteiger partial charge on any atom is -0.379 e. The SMILES string of the molecule is CCCCN1CC(C(=O)NC(Cc2cc(F)cc(F)c2)C[C@H]2CN(C(C)O)CCN2)CC1=O. The number of hydrogen-bond donors (Lipinski definition) is 3. The first-order valence-corrected chi connectivity index (χ1v) is 11.9. The molecule has 2 fully saturated rings. The van der Waals surface area contributed by atoms with E-state index < -0.39 is 23.8 Å². The highest BCUT2D eigenvalue weighted by Crippen LogP contribution is 2.20. The molecule has 1 aromatic carbocycles. The van der Waals surface area contributed by atoms with Gasteiger partial charge in [-0.3, -0.25) is 14.5 Å². The summed E-state index contributed by atoms with van der Waals surface area (Å²) in [5.74, 6) is -1.94. The van der Waals surface area contributed by atoms with E-state index in [1.165, 1.54) is 12.1 Å². The summed E-state index contributed by atoms with van der Waals surface area (Å²) < 4.78 is 27.5. The first-order chi connectivity index (χ1) is 15.7. The molecule has 0 spiro atoms. The average Bonchev–Trinajstić information content (AvgIpc) is 3.12. The number of hydrogen-bond acceptors (Lipinski definition) is 5. The van der Waals surface area contributed by atoms with Crippen LogP contribution in [0.4, 0.5) is 8.78 Å². The number of unbranched alkanes of at least 4 members (excludes halogenated alkanes) is 1. The third-order valence-electron chi connectivity index (χ3n) is 6.50. The fourth-order valence-corrected chi connectivity index (χ4v) is 4.73. The number of benzene rings is 1. The van der Waals surface area contributed by atoms with E-state index in [0.29, 0.717) is 38.2 Å². The number of rotatable bonds is 10. The molecule has 3 unspecified atom stereocenters. The Kier molecular flexibility index (Phi) is 9.17. The molecule has 3 N–H and O–H groups in total. The molecule has 0 aromatic heterocycles. The van der Waals surface area contributed by atoms with Crippen molar-refractivity contribution in [3.05, 3.63) is 35.4 Å². The second kappa shape index (κ2) is 11.9. The summed E-state index contributed by atoms with van der Waals surface area (Å²) in [7, 11) is 0. The van der Waals surface area contributed by atoms with Gasteiger partial charge < -0.3 is 20.6 Å². The molecule has 7 nitrogen and oxygen atoms in total. The van der Waals surface area contributed by atoms with Crippen LogP contribution in [0.25, 0.3) is 0 Å². The monoisotopic (exact) mass is 466 g/mol. The van der Waals surface area contributed by atoms with Crippen molar-refractivity contribution < 1.29 is 23.5 Å². The van der Waals surface area contributed by atoms with Crippen LogP contribution in [0.3, 0.4) is 0 Å². The van der Waals surface area contributed by atoms with Crippen LogP contribution in [-0.4, -0.2) is 77.8 Å². The molecule has 1 aromatic rings. The van der Waals surface area contributed by atoms with Crippen LogP contribution in [0.5, 0.6) is 0 Å². The van der Waals surface area contributed by atoms with Crippen molar-refractivity contribution in [1.82, 2.24) is 20.4 Å². The molecule has 0 bridgehead atoms. The number of aliphatic hydroxyl groups excluding tert-OH is 1. The van der Waals surface area contributed by atoms with Gasteiger partial charge in [0.1, 0.15) is 17.9 Å². The maximum Gasteiger partial charge on any atom is 0.225 e. The number of carbonyl (C=O) groups is 2. The van der Waals surface area contributed by atoms with Crippen LogP contribution in [0.1, 0.15) is 45.1 Å². The molecule has 2 heterocycles. The van der Waals surface area contributed by atoms with Gasteiger partial charge in [-0.05, 0) is 43.9 Å². The topological polar surface area (TPSA) is 84.9 Å². The van der Waals surface area contributed by atoms with Crippen molar-refractivity contribution in [1.29, 1.82) is 0 Å².